The van der Waals surface area contributed by atoms with Crippen LogP contribution in [0.2, 0.25) is 0 Å². The zero-order valence-corrected chi connectivity index (χ0v) is 11.3. The van der Waals surface area contributed by atoms with Gasteiger partial charge in [0.25, 0.3) is 0 Å². The van der Waals surface area contributed by atoms with Gasteiger partial charge in [-0.05, 0) is 24.7 Å². The Hall–Kier alpha value is -1.37. The Labute approximate surface area is 108 Å². The van der Waals surface area contributed by atoms with Crippen LogP contribution < -0.4 is 0 Å². The molecule has 1 heterocycles. The van der Waals surface area contributed by atoms with Crippen molar-refractivity contribution in [3.63, 3.8) is 0 Å². The predicted molar refractivity (Wildman–Crippen MR) is 67.8 cm³/mol. The van der Waals surface area contributed by atoms with Crippen LogP contribution in [0.25, 0.3) is 0 Å². The van der Waals surface area contributed by atoms with Crippen molar-refractivity contribution in [2.45, 2.75) is 64.7 Å². The molecule has 4 nitrogen and oxygen atoms in total. The molecule has 0 N–H and O–H groups in total. The first kappa shape index (κ1) is 13.1. The zero-order valence-electron chi connectivity index (χ0n) is 11.3. The Bertz CT molecular complexity index is 428. The van der Waals surface area contributed by atoms with E-state index in [9.17, 15) is 0 Å². The minimum Gasteiger partial charge on any atom is -0.339 e. The molecule has 0 saturated heterocycles. The maximum atomic E-state index is 8.87. The Kier molecular flexibility index (Phi) is 4.00. The average Bonchev–Trinajstić information content (AvgIpc) is 2.99. The van der Waals surface area contributed by atoms with E-state index < -0.39 is 0 Å². The van der Waals surface area contributed by atoms with Crippen LogP contribution in [0.4, 0.5) is 0 Å². The Morgan fingerprint density at radius 1 is 1.44 bits per heavy atom. The molecule has 0 amide bonds. The van der Waals surface area contributed by atoms with Crippen molar-refractivity contribution in [1.82, 2.24) is 10.1 Å². The van der Waals surface area contributed by atoms with Gasteiger partial charge in [0.1, 0.15) is 0 Å². The first-order valence-corrected chi connectivity index (χ1v) is 6.86. The molecule has 1 aromatic heterocycles. The van der Waals surface area contributed by atoms with Crippen molar-refractivity contribution >= 4 is 0 Å². The molecule has 18 heavy (non-hydrogen) atoms. The van der Waals surface area contributed by atoms with Crippen LogP contribution >= 0.6 is 0 Å². The Balaban J connectivity index is 2.03. The lowest BCUT2D eigenvalue weighted by atomic mass is 9.81. The van der Waals surface area contributed by atoms with Crippen LogP contribution in [0.1, 0.15) is 70.0 Å². The zero-order chi connectivity index (χ0) is 13.0. The van der Waals surface area contributed by atoms with Crippen LogP contribution in [0.5, 0.6) is 0 Å². The molecule has 1 aromatic rings. The standard InChI is InChI=1S/C14H21N3O/c1-3-14(2,8-9-15)10-12-16-13(17-18-12)11-6-4-5-7-11/h11H,3-8,10H2,1-2H3. The quantitative estimate of drug-likeness (QED) is 0.797. The van der Waals surface area contributed by atoms with Gasteiger partial charge in [-0.2, -0.15) is 10.2 Å². The molecule has 1 fully saturated rings. The van der Waals surface area contributed by atoms with Gasteiger partial charge in [0.2, 0.25) is 5.89 Å². The molecule has 1 aliphatic carbocycles. The maximum Gasteiger partial charge on any atom is 0.227 e. The van der Waals surface area contributed by atoms with Crippen molar-refractivity contribution in [3.8, 4) is 6.07 Å². The number of aromatic nitrogens is 2. The maximum absolute atomic E-state index is 8.87. The topological polar surface area (TPSA) is 62.7 Å². The lowest BCUT2D eigenvalue weighted by molar-refractivity contribution is 0.265. The minimum atomic E-state index is -0.0474. The number of rotatable bonds is 5. The third-order valence-corrected chi connectivity index (χ3v) is 4.14. The summed E-state index contributed by atoms with van der Waals surface area (Å²) in [5.41, 5.74) is -0.0474. The monoisotopic (exact) mass is 247 g/mol. The van der Waals surface area contributed by atoms with Gasteiger partial charge in [-0.3, -0.25) is 0 Å². The number of nitrogens with zero attached hydrogens (tertiary/aromatic N) is 3. The second kappa shape index (κ2) is 5.51. The molecule has 0 spiro atoms. The summed E-state index contributed by atoms with van der Waals surface area (Å²) >= 11 is 0. The fourth-order valence-corrected chi connectivity index (χ4v) is 2.56. The fourth-order valence-electron chi connectivity index (χ4n) is 2.56. The van der Waals surface area contributed by atoms with E-state index in [1.807, 2.05) is 0 Å². The van der Waals surface area contributed by atoms with Gasteiger partial charge in [0.05, 0.1) is 6.07 Å². The molecule has 0 aliphatic heterocycles. The van der Waals surface area contributed by atoms with E-state index in [2.05, 4.69) is 30.1 Å². The van der Waals surface area contributed by atoms with E-state index in [1.54, 1.807) is 0 Å². The van der Waals surface area contributed by atoms with Gasteiger partial charge in [0.15, 0.2) is 5.82 Å². The summed E-state index contributed by atoms with van der Waals surface area (Å²) in [5.74, 6) is 2.06. The number of hydrogen-bond donors (Lipinski definition) is 0. The Morgan fingerprint density at radius 2 is 2.17 bits per heavy atom. The highest BCUT2D eigenvalue weighted by Gasteiger charge is 2.27. The van der Waals surface area contributed by atoms with Crippen molar-refractivity contribution in [1.29, 1.82) is 5.26 Å². The second-order valence-corrected chi connectivity index (χ2v) is 5.70. The highest BCUT2D eigenvalue weighted by atomic mass is 16.5. The molecule has 98 valence electrons. The van der Waals surface area contributed by atoms with E-state index in [-0.39, 0.29) is 5.41 Å². The van der Waals surface area contributed by atoms with Gasteiger partial charge in [-0.25, -0.2) is 0 Å². The first-order chi connectivity index (χ1) is 8.67. The summed E-state index contributed by atoms with van der Waals surface area (Å²) in [6.07, 6.45) is 7.10. The normalized spacial score (nSPS) is 19.6. The molecule has 0 bridgehead atoms. The van der Waals surface area contributed by atoms with Crippen LogP contribution in [-0.2, 0) is 6.42 Å². The lowest BCUT2D eigenvalue weighted by Crippen LogP contribution is -2.18. The highest BCUT2D eigenvalue weighted by Crippen LogP contribution is 2.34. The SMILES string of the molecule is CCC(C)(CC#N)Cc1nc(C2CCCC2)no1. The van der Waals surface area contributed by atoms with Gasteiger partial charge in [-0.1, -0.05) is 31.8 Å². The fraction of sp³-hybridized carbons (Fsp3) is 0.786. The van der Waals surface area contributed by atoms with E-state index in [0.717, 1.165) is 12.2 Å². The third-order valence-electron chi connectivity index (χ3n) is 4.14. The van der Waals surface area contributed by atoms with Crippen LogP contribution in [0, 0.1) is 16.7 Å². The minimum absolute atomic E-state index is 0.0474. The van der Waals surface area contributed by atoms with Gasteiger partial charge in [-0.15, -0.1) is 0 Å². The van der Waals surface area contributed by atoms with Crippen molar-refractivity contribution in [2.24, 2.45) is 5.41 Å². The summed E-state index contributed by atoms with van der Waals surface area (Å²) in [5, 5.41) is 13.0. The molecular weight excluding hydrogens is 226 g/mol. The van der Waals surface area contributed by atoms with E-state index in [0.29, 0.717) is 24.7 Å². The van der Waals surface area contributed by atoms with Gasteiger partial charge in [0, 0.05) is 18.8 Å². The van der Waals surface area contributed by atoms with E-state index in [4.69, 9.17) is 9.78 Å². The van der Waals surface area contributed by atoms with Crippen molar-refractivity contribution < 1.29 is 4.52 Å². The van der Waals surface area contributed by atoms with Gasteiger partial charge < -0.3 is 4.52 Å². The number of hydrogen-bond acceptors (Lipinski definition) is 4. The molecule has 1 saturated carbocycles. The molecule has 1 unspecified atom stereocenters. The lowest BCUT2D eigenvalue weighted by Gasteiger charge is -2.22. The van der Waals surface area contributed by atoms with Crippen LogP contribution in [0.3, 0.4) is 0 Å². The summed E-state index contributed by atoms with van der Waals surface area (Å²) in [6, 6.07) is 2.25. The molecular formula is C14H21N3O. The van der Waals surface area contributed by atoms with Crippen LogP contribution in [0.15, 0.2) is 4.52 Å². The molecule has 4 heteroatoms. The predicted octanol–water partition coefficient (Wildman–Crippen LogP) is 3.60. The first-order valence-electron chi connectivity index (χ1n) is 6.86. The molecule has 1 aliphatic rings. The average molecular weight is 247 g/mol. The van der Waals surface area contributed by atoms with Crippen molar-refractivity contribution in [2.75, 3.05) is 0 Å². The highest BCUT2D eigenvalue weighted by molar-refractivity contribution is 5.00. The van der Waals surface area contributed by atoms with Crippen LogP contribution in [-0.4, -0.2) is 10.1 Å². The molecule has 0 radical (unpaired) electrons. The number of nitriles is 1. The third kappa shape index (κ3) is 2.90. The van der Waals surface area contributed by atoms with E-state index in [1.165, 1.54) is 25.7 Å². The summed E-state index contributed by atoms with van der Waals surface area (Å²) < 4.78 is 5.35. The van der Waals surface area contributed by atoms with Crippen molar-refractivity contribution in [3.05, 3.63) is 11.7 Å². The smallest absolute Gasteiger partial charge is 0.227 e. The summed E-state index contributed by atoms with van der Waals surface area (Å²) in [4.78, 5) is 4.52. The van der Waals surface area contributed by atoms with E-state index >= 15 is 0 Å². The second-order valence-electron chi connectivity index (χ2n) is 5.70. The Morgan fingerprint density at radius 3 is 2.78 bits per heavy atom. The summed E-state index contributed by atoms with van der Waals surface area (Å²) in [6.45, 7) is 4.21. The largest absolute Gasteiger partial charge is 0.339 e. The molecule has 2 rings (SSSR count). The van der Waals surface area contributed by atoms with Gasteiger partial charge >= 0.3 is 0 Å². The molecule has 1 atom stereocenters. The molecule has 0 aromatic carbocycles. The summed E-state index contributed by atoms with van der Waals surface area (Å²) in [7, 11) is 0.